The summed E-state index contributed by atoms with van der Waals surface area (Å²) in [5.74, 6) is 0.225. The molecule has 20 heavy (non-hydrogen) atoms. The summed E-state index contributed by atoms with van der Waals surface area (Å²) >= 11 is 0. The van der Waals surface area contributed by atoms with Crippen LogP contribution in [0.4, 0.5) is 17.2 Å². The quantitative estimate of drug-likeness (QED) is 0.825. The minimum atomic E-state index is -0.386. The number of nitrogens with one attached hydrogen (secondary N) is 1. The number of hydrogen-bond acceptors (Lipinski definition) is 5. The van der Waals surface area contributed by atoms with Crippen molar-refractivity contribution < 1.29 is 0 Å². The molecule has 6 heteroatoms. The van der Waals surface area contributed by atoms with E-state index in [1.165, 1.54) is 10.8 Å². The lowest BCUT2D eigenvalue weighted by Gasteiger charge is -2.11. The van der Waals surface area contributed by atoms with Gasteiger partial charge in [0.05, 0.1) is 11.4 Å². The molecule has 0 fully saturated rings. The van der Waals surface area contributed by atoms with Crippen molar-refractivity contribution in [2.75, 3.05) is 11.1 Å². The highest BCUT2D eigenvalue weighted by atomic mass is 16.1. The normalized spacial score (nSPS) is 10.0. The van der Waals surface area contributed by atoms with Crippen molar-refractivity contribution in [1.29, 1.82) is 5.26 Å². The van der Waals surface area contributed by atoms with Crippen molar-refractivity contribution in [3.05, 3.63) is 46.5 Å². The predicted octanol–water partition coefficient (Wildman–Crippen LogP) is 1.85. The lowest BCUT2D eigenvalue weighted by molar-refractivity contribution is 0.635. The van der Waals surface area contributed by atoms with Gasteiger partial charge in [0.1, 0.15) is 11.6 Å². The molecule has 0 bridgehead atoms. The molecule has 0 aliphatic rings. The molecule has 1 aromatic carbocycles. The Labute approximate surface area is 116 Å². The number of aromatic nitrogens is 2. The first-order valence-electron chi connectivity index (χ1n) is 6.28. The van der Waals surface area contributed by atoms with E-state index in [2.05, 4.69) is 10.3 Å². The van der Waals surface area contributed by atoms with Crippen molar-refractivity contribution in [3.8, 4) is 6.07 Å². The Hall–Kier alpha value is -2.81. The summed E-state index contributed by atoms with van der Waals surface area (Å²) in [4.78, 5) is 15.8. The fraction of sp³-hybridized carbons (Fsp3) is 0.214. The molecule has 0 saturated carbocycles. The number of para-hydroxylation sites is 2. The SMILES string of the molecule is CCCn1cc(C#N)c(Nc2ccccc2N)nc1=O. The molecule has 0 saturated heterocycles. The molecule has 1 aromatic heterocycles. The summed E-state index contributed by atoms with van der Waals surface area (Å²) in [5, 5.41) is 12.1. The zero-order valence-corrected chi connectivity index (χ0v) is 11.1. The van der Waals surface area contributed by atoms with E-state index in [9.17, 15) is 10.1 Å². The highest BCUT2D eigenvalue weighted by Gasteiger charge is 2.09. The molecule has 102 valence electrons. The van der Waals surface area contributed by atoms with Gasteiger partial charge in [0.25, 0.3) is 0 Å². The Morgan fingerprint density at radius 1 is 1.45 bits per heavy atom. The second-order valence-electron chi connectivity index (χ2n) is 4.30. The molecule has 6 nitrogen and oxygen atoms in total. The summed E-state index contributed by atoms with van der Waals surface area (Å²) in [7, 11) is 0. The third kappa shape index (κ3) is 2.78. The highest BCUT2D eigenvalue weighted by molar-refractivity contribution is 5.72. The molecule has 1 heterocycles. The van der Waals surface area contributed by atoms with Crippen LogP contribution in [0.1, 0.15) is 18.9 Å². The van der Waals surface area contributed by atoms with Crippen molar-refractivity contribution in [1.82, 2.24) is 9.55 Å². The molecule has 0 aliphatic carbocycles. The van der Waals surface area contributed by atoms with Gasteiger partial charge in [-0.1, -0.05) is 19.1 Å². The van der Waals surface area contributed by atoms with Crippen LogP contribution < -0.4 is 16.7 Å². The summed E-state index contributed by atoms with van der Waals surface area (Å²) in [6.07, 6.45) is 2.31. The van der Waals surface area contributed by atoms with E-state index in [4.69, 9.17) is 5.73 Å². The number of nitrogens with zero attached hydrogens (tertiary/aromatic N) is 3. The fourth-order valence-electron chi connectivity index (χ4n) is 1.81. The van der Waals surface area contributed by atoms with Gasteiger partial charge in [-0.05, 0) is 18.6 Å². The maximum atomic E-state index is 11.8. The third-order valence-corrected chi connectivity index (χ3v) is 2.79. The maximum Gasteiger partial charge on any atom is 0.349 e. The highest BCUT2D eigenvalue weighted by Crippen LogP contribution is 2.22. The number of nitrogens with two attached hydrogens (primary N) is 1. The predicted molar refractivity (Wildman–Crippen MR) is 77.6 cm³/mol. The zero-order valence-electron chi connectivity index (χ0n) is 11.1. The van der Waals surface area contributed by atoms with Crippen LogP contribution in [0.5, 0.6) is 0 Å². The Kier molecular flexibility index (Phi) is 4.01. The average molecular weight is 269 g/mol. The molecule has 2 aromatic rings. The number of rotatable bonds is 4. The lowest BCUT2D eigenvalue weighted by Crippen LogP contribution is -2.24. The first-order chi connectivity index (χ1) is 9.65. The number of nitrogen functional groups attached to an aromatic ring is 1. The molecule has 3 N–H and O–H groups in total. The van der Waals surface area contributed by atoms with Gasteiger partial charge >= 0.3 is 5.69 Å². The van der Waals surface area contributed by atoms with Crippen LogP contribution in [0.3, 0.4) is 0 Å². The van der Waals surface area contributed by atoms with Crippen LogP contribution in [0, 0.1) is 11.3 Å². The molecule has 0 unspecified atom stereocenters. The van der Waals surface area contributed by atoms with Crippen LogP contribution in [0.2, 0.25) is 0 Å². The second kappa shape index (κ2) is 5.89. The first kappa shape index (κ1) is 13.6. The molecule has 0 atom stereocenters. The molecule has 0 spiro atoms. The van der Waals surface area contributed by atoms with Crippen LogP contribution >= 0.6 is 0 Å². The molecule has 2 rings (SSSR count). The molecule has 0 amide bonds. The smallest absolute Gasteiger partial charge is 0.349 e. The lowest BCUT2D eigenvalue weighted by atomic mass is 10.2. The monoisotopic (exact) mass is 269 g/mol. The summed E-state index contributed by atoms with van der Waals surface area (Å²) in [5.41, 5.74) is 6.88. The molecular formula is C14H15N5O. The van der Waals surface area contributed by atoms with Crippen LogP contribution in [0.25, 0.3) is 0 Å². The largest absolute Gasteiger partial charge is 0.397 e. The van der Waals surface area contributed by atoms with Gasteiger partial charge in [0.15, 0.2) is 5.82 Å². The number of hydrogen-bond donors (Lipinski definition) is 2. The average Bonchev–Trinajstić information content (AvgIpc) is 2.44. The van der Waals surface area contributed by atoms with Gasteiger partial charge < -0.3 is 11.1 Å². The zero-order chi connectivity index (χ0) is 14.5. The van der Waals surface area contributed by atoms with E-state index in [1.54, 1.807) is 18.2 Å². The molecule has 0 radical (unpaired) electrons. The summed E-state index contributed by atoms with van der Waals surface area (Å²) in [6, 6.07) is 9.14. The van der Waals surface area contributed by atoms with Gasteiger partial charge in [0.2, 0.25) is 0 Å². The Morgan fingerprint density at radius 2 is 2.20 bits per heavy atom. The Morgan fingerprint density at radius 3 is 2.85 bits per heavy atom. The number of aryl methyl sites for hydroxylation is 1. The number of nitriles is 1. The fourth-order valence-corrected chi connectivity index (χ4v) is 1.81. The van der Waals surface area contributed by atoms with Crippen LogP contribution in [-0.4, -0.2) is 9.55 Å². The van der Waals surface area contributed by atoms with Gasteiger partial charge in [-0.25, -0.2) is 4.79 Å². The van der Waals surface area contributed by atoms with Gasteiger partial charge in [-0.15, -0.1) is 0 Å². The minimum Gasteiger partial charge on any atom is -0.397 e. The Balaban J connectivity index is 2.43. The number of benzene rings is 1. The van der Waals surface area contributed by atoms with E-state index in [1.807, 2.05) is 19.1 Å². The standard InChI is InChI=1S/C14H15N5O/c1-2-7-19-9-10(8-15)13(18-14(19)20)17-12-6-4-3-5-11(12)16/h3-6,9H,2,7,16H2,1H3,(H,17,18,20). The van der Waals surface area contributed by atoms with E-state index in [-0.39, 0.29) is 11.5 Å². The molecule has 0 aliphatic heterocycles. The van der Waals surface area contributed by atoms with E-state index < -0.39 is 0 Å². The molecular weight excluding hydrogens is 254 g/mol. The summed E-state index contributed by atoms with van der Waals surface area (Å²) < 4.78 is 1.43. The van der Waals surface area contributed by atoms with Gasteiger partial charge in [-0.3, -0.25) is 4.57 Å². The topological polar surface area (TPSA) is 96.7 Å². The van der Waals surface area contributed by atoms with Crippen molar-refractivity contribution >= 4 is 17.2 Å². The maximum absolute atomic E-state index is 11.8. The van der Waals surface area contributed by atoms with Crippen molar-refractivity contribution in [3.63, 3.8) is 0 Å². The first-order valence-corrected chi connectivity index (χ1v) is 6.28. The van der Waals surface area contributed by atoms with Gasteiger partial charge in [-0.2, -0.15) is 10.2 Å². The van der Waals surface area contributed by atoms with E-state index in [0.29, 0.717) is 23.5 Å². The van der Waals surface area contributed by atoms with Gasteiger partial charge in [0, 0.05) is 12.7 Å². The van der Waals surface area contributed by atoms with Crippen molar-refractivity contribution in [2.24, 2.45) is 0 Å². The van der Waals surface area contributed by atoms with E-state index in [0.717, 1.165) is 6.42 Å². The van der Waals surface area contributed by atoms with Crippen LogP contribution in [0.15, 0.2) is 35.3 Å². The van der Waals surface area contributed by atoms with Crippen molar-refractivity contribution in [2.45, 2.75) is 19.9 Å². The van der Waals surface area contributed by atoms with Crippen LogP contribution in [-0.2, 0) is 6.54 Å². The second-order valence-corrected chi connectivity index (χ2v) is 4.30. The number of anilines is 3. The Bertz CT molecular complexity index is 714. The third-order valence-electron chi connectivity index (χ3n) is 2.79. The van der Waals surface area contributed by atoms with E-state index >= 15 is 0 Å². The summed E-state index contributed by atoms with van der Waals surface area (Å²) in [6.45, 7) is 2.49. The minimum absolute atomic E-state index is 0.225.